The fraction of sp³-hybridized carbons (Fsp3) is 0.286. The molecule has 0 spiro atoms. The van der Waals surface area contributed by atoms with Crippen LogP contribution in [0, 0.1) is 0 Å². The minimum Gasteiger partial charge on any atom is -0.383 e. The molecular weight excluding hydrogens is 350 g/mol. The van der Waals surface area contributed by atoms with E-state index in [1.165, 1.54) is 17.3 Å². The summed E-state index contributed by atoms with van der Waals surface area (Å²) in [6.45, 7) is 4.03. The molecule has 0 unspecified atom stereocenters. The van der Waals surface area contributed by atoms with Gasteiger partial charge in [0.15, 0.2) is 5.16 Å². The molecule has 0 radical (unpaired) electrons. The Kier molecular flexibility index (Phi) is 5.84. The summed E-state index contributed by atoms with van der Waals surface area (Å²) in [7, 11) is 0. The summed E-state index contributed by atoms with van der Waals surface area (Å²) in [5, 5.41) is 3.92. The molecule has 0 amide bonds. The van der Waals surface area contributed by atoms with Crippen molar-refractivity contribution in [3.05, 3.63) is 34.3 Å². The van der Waals surface area contributed by atoms with Gasteiger partial charge in [0.2, 0.25) is 0 Å². The number of halogens is 1. The molecule has 5 N–H and O–H groups in total. The van der Waals surface area contributed by atoms with Gasteiger partial charge < -0.3 is 16.8 Å². The van der Waals surface area contributed by atoms with Crippen LogP contribution in [-0.2, 0) is 6.54 Å². The zero-order chi connectivity index (χ0) is 15.2. The van der Waals surface area contributed by atoms with Crippen LogP contribution in [-0.4, -0.2) is 16.5 Å². The molecule has 1 aromatic heterocycles. The molecule has 7 heteroatoms. The minimum atomic E-state index is 0.376. The molecule has 0 atom stereocenters. The molecule has 0 saturated heterocycles. The van der Waals surface area contributed by atoms with Gasteiger partial charge in [-0.1, -0.05) is 13.0 Å². The first-order valence-electron chi connectivity index (χ1n) is 6.65. The number of rotatable bonds is 6. The maximum Gasteiger partial charge on any atom is 0.196 e. The van der Waals surface area contributed by atoms with Gasteiger partial charge in [0, 0.05) is 22.0 Å². The normalized spacial score (nSPS) is 10.8. The molecule has 112 valence electrons. The van der Waals surface area contributed by atoms with Gasteiger partial charge in [-0.15, -0.1) is 0 Å². The molecule has 0 fully saturated rings. The van der Waals surface area contributed by atoms with Gasteiger partial charge in [0.1, 0.15) is 11.6 Å². The molecule has 5 nitrogen and oxygen atoms in total. The van der Waals surface area contributed by atoms with E-state index in [4.69, 9.17) is 11.5 Å². The second-order valence-corrected chi connectivity index (χ2v) is 6.41. The van der Waals surface area contributed by atoms with Crippen LogP contribution in [0.3, 0.4) is 0 Å². The van der Waals surface area contributed by atoms with Crippen LogP contribution in [0.5, 0.6) is 0 Å². The number of hydrogen-bond acceptors (Lipinski definition) is 6. The standard InChI is InChI=1S/C14H18BrN5S/c1-2-5-18-8-9-3-4-11(10(15)6-9)21-14-19-12(16)7-13(17)20-14/h3-4,6-7,18H,2,5,8H2,1H3,(H4,16,17,19,20). The van der Waals surface area contributed by atoms with Crippen molar-refractivity contribution in [2.24, 2.45) is 0 Å². The van der Waals surface area contributed by atoms with E-state index < -0.39 is 0 Å². The minimum absolute atomic E-state index is 0.376. The first kappa shape index (κ1) is 16.1. The number of nitrogens with two attached hydrogens (primary N) is 2. The largest absolute Gasteiger partial charge is 0.383 e. The first-order chi connectivity index (χ1) is 10.1. The van der Waals surface area contributed by atoms with Crippen LogP contribution in [0.1, 0.15) is 18.9 Å². The first-order valence-corrected chi connectivity index (χ1v) is 8.26. The molecule has 0 saturated carbocycles. The van der Waals surface area contributed by atoms with Crippen molar-refractivity contribution >= 4 is 39.3 Å². The molecule has 2 rings (SSSR count). The zero-order valence-corrected chi connectivity index (χ0v) is 14.2. The Morgan fingerprint density at radius 1 is 1.19 bits per heavy atom. The van der Waals surface area contributed by atoms with E-state index in [0.29, 0.717) is 16.8 Å². The third kappa shape index (κ3) is 4.87. The van der Waals surface area contributed by atoms with Gasteiger partial charge in [0.05, 0.1) is 0 Å². The molecule has 0 aliphatic rings. The lowest BCUT2D eigenvalue weighted by Gasteiger charge is -2.08. The predicted octanol–water partition coefficient (Wildman–Crippen LogP) is 3.05. The molecule has 0 aliphatic carbocycles. The monoisotopic (exact) mass is 367 g/mol. The van der Waals surface area contributed by atoms with Crippen LogP contribution in [0.4, 0.5) is 11.6 Å². The maximum absolute atomic E-state index is 5.68. The van der Waals surface area contributed by atoms with E-state index in [1.807, 2.05) is 6.07 Å². The van der Waals surface area contributed by atoms with E-state index >= 15 is 0 Å². The highest BCUT2D eigenvalue weighted by Gasteiger charge is 2.07. The molecule has 1 aromatic carbocycles. The lowest BCUT2D eigenvalue weighted by molar-refractivity contribution is 0.675. The predicted molar refractivity (Wildman–Crippen MR) is 91.1 cm³/mol. The summed E-state index contributed by atoms with van der Waals surface area (Å²) >= 11 is 5.01. The number of nitrogens with one attached hydrogen (secondary N) is 1. The number of nitrogens with zero attached hydrogens (tertiary/aromatic N) is 2. The second-order valence-electron chi connectivity index (χ2n) is 4.54. The van der Waals surface area contributed by atoms with E-state index in [1.54, 1.807) is 6.07 Å². The van der Waals surface area contributed by atoms with Crippen LogP contribution in [0.2, 0.25) is 0 Å². The van der Waals surface area contributed by atoms with Gasteiger partial charge in [-0.3, -0.25) is 0 Å². The second kappa shape index (κ2) is 7.63. The van der Waals surface area contributed by atoms with Gasteiger partial charge >= 0.3 is 0 Å². The van der Waals surface area contributed by atoms with Crippen LogP contribution in [0.25, 0.3) is 0 Å². The number of benzene rings is 1. The zero-order valence-electron chi connectivity index (χ0n) is 11.8. The van der Waals surface area contributed by atoms with E-state index in [0.717, 1.165) is 28.9 Å². The molecular formula is C14H18BrN5S. The van der Waals surface area contributed by atoms with E-state index in [9.17, 15) is 0 Å². The molecule has 0 bridgehead atoms. The number of aromatic nitrogens is 2. The summed E-state index contributed by atoms with van der Waals surface area (Å²) in [6, 6.07) is 7.77. The summed E-state index contributed by atoms with van der Waals surface area (Å²) in [6.07, 6.45) is 1.13. The van der Waals surface area contributed by atoms with Crippen molar-refractivity contribution in [2.45, 2.75) is 29.9 Å². The van der Waals surface area contributed by atoms with Crippen molar-refractivity contribution < 1.29 is 0 Å². The Morgan fingerprint density at radius 3 is 2.52 bits per heavy atom. The summed E-state index contributed by atoms with van der Waals surface area (Å²) < 4.78 is 1.01. The highest BCUT2D eigenvalue weighted by Crippen LogP contribution is 2.32. The topological polar surface area (TPSA) is 89.8 Å². The third-order valence-corrected chi connectivity index (χ3v) is 4.56. The highest BCUT2D eigenvalue weighted by molar-refractivity contribution is 9.10. The van der Waals surface area contributed by atoms with Crippen molar-refractivity contribution in [3.8, 4) is 0 Å². The van der Waals surface area contributed by atoms with Gasteiger partial charge in [-0.25, -0.2) is 9.97 Å². The number of anilines is 2. The van der Waals surface area contributed by atoms with Gasteiger partial charge in [-0.05, 0) is 58.4 Å². The van der Waals surface area contributed by atoms with Crippen molar-refractivity contribution in [3.63, 3.8) is 0 Å². The number of nitrogen functional groups attached to an aromatic ring is 2. The SMILES string of the molecule is CCCNCc1ccc(Sc2nc(N)cc(N)n2)c(Br)c1. The van der Waals surface area contributed by atoms with Crippen LogP contribution in [0.15, 0.2) is 38.8 Å². The molecule has 21 heavy (non-hydrogen) atoms. The average Bonchev–Trinajstić information content (AvgIpc) is 2.41. The van der Waals surface area contributed by atoms with Crippen molar-refractivity contribution in [1.82, 2.24) is 15.3 Å². The fourth-order valence-electron chi connectivity index (χ4n) is 1.75. The number of hydrogen-bond donors (Lipinski definition) is 3. The Balaban J connectivity index is 2.10. The lowest BCUT2D eigenvalue weighted by atomic mass is 10.2. The van der Waals surface area contributed by atoms with Crippen LogP contribution < -0.4 is 16.8 Å². The Morgan fingerprint density at radius 2 is 1.90 bits per heavy atom. The average molecular weight is 368 g/mol. The maximum atomic E-state index is 5.68. The smallest absolute Gasteiger partial charge is 0.196 e. The van der Waals surface area contributed by atoms with Gasteiger partial charge in [-0.2, -0.15) is 0 Å². The quantitative estimate of drug-likeness (QED) is 0.536. The Bertz CT molecular complexity index is 600. The lowest BCUT2D eigenvalue weighted by Crippen LogP contribution is -2.13. The van der Waals surface area contributed by atoms with Crippen molar-refractivity contribution in [2.75, 3.05) is 18.0 Å². The van der Waals surface area contributed by atoms with Crippen LogP contribution >= 0.6 is 27.7 Å². The summed E-state index contributed by atoms with van der Waals surface area (Å²) in [5.41, 5.74) is 12.6. The Hall–Kier alpha value is -1.31. The van der Waals surface area contributed by atoms with E-state index in [-0.39, 0.29) is 0 Å². The van der Waals surface area contributed by atoms with E-state index in [2.05, 4.69) is 50.3 Å². The summed E-state index contributed by atoms with van der Waals surface area (Å²) in [4.78, 5) is 9.37. The van der Waals surface area contributed by atoms with Gasteiger partial charge in [0.25, 0.3) is 0 Å². The molecule has 0 aliphatic heterocycles. The fourth-order valence-corrected chi connectivity index (χ4v) is 3.21. The molecule has 2 aromatic rings. The summed E-state index contributed by atoms with van der Waals surface area (Å²) in [5.74, 6) is 0.753. The third-order valence-electron chi connectivity index (χ3n) is 2.70. The highest BCUT2D eigenvalue weighted by atomic mass is 79.9. The van der Waals surface area contributed by atoms with Crippen molar-refractivity contribution in [1.29, 1.82) is 0 Å². The Labute approximate surface area is 137 Å². The molecule has 1 heterocycles.